The highest BCUT2D eigenvalue weighted by molar-refractivity contribution is 5.77. The summed E-state index contributed by atoms with van der Waals surface area (Å²) in [6.45, 7) is 6.64. The van der Waals surface area contributed by atoms with Gasteiger partial charge in [-0.05, 0) is 92.7 Å². The molecule has 2 bridgehead atoms. The molecule has 0 radical (unpaired) electrons. The summed E-state index contributed by atoms with van der Waals surface area (Å²) in [5, 5.41) is 8.41. The van der Waals surface area contributed by atoms with Crippen LogP contribution >= 0.6 is 0 Å². The van der Waals surface area contributed by atoms with E-state index in [0.29, 0.717) is 16.2 Å². The molecule has 1 N–H and O–H groups in total. The average Bonchev–Trinajstić information content (AvgIpc) is 3.56. The molecule has 1 aliphatic heterocycles. The molecule has 3 unspecified atom stereocenters. The lowest BCUT2D eigenvalue weighted by molar-refractivity contribution is -0.144. The average molecular weight is 510 g/mol. The lowest BCUT2D eigenvalue weighted by atomic mass is 9.57. The molecule has 4 aliphatic rings. The van der Waals surface area contributed by atoms with E-state index >= 15 is 0 Å². The molecule has 36 heavy (non-hydrogen) atoms. The molecule has 4 fully saturated rings. The Labute approximate surface area is 211 Å². The van der Waals surface area contributed by atoms with Crippen molar-refractivity contribution in [3.05, 3.63) is 29.1 Å². The van der Waals surface area contributed by atoms with Crippen molar-refractivity contribution in [1.29, 1.82) is 0 Å². The van der Waals surface area contributed by atoms with Gasteiger partial charge in [0.1, 0.15) is 17.6 Å². The molecule has 8 heteroatoms. The van der Waals surface area contributed by atoms with Gasteiger partial charge < -0.3 is 14.7 Å². The smallest absolute Gasteiger partial charge is 0.326 e. The molecule has 1 heterocycles. The SMILES string of the molecule is Cc1cc(C2CC2)c(OCC23CC(C)CC(CC(C)C2)C3)cc1F.O=CN1CC(F)(F)CC1C(=O)O. The van der Waals surface area contributed by atoms with Gasteiger partial charge in [0.05, 0.1) is 13.2 Å². The number of ether oxygens (including phenoxy) is 1. The molecule has 200 valence electrons. The summed E-state index contributed by atoms with van der Waals surface area (Å²) < 4.78 is 45.5. The molecule has 1 amide bonds. The second kappa shape index (κ2) is 10.3. The second-order valence-electron chi connectivity index (χ2n) is 12.1. The molecule has 0 aromatic heterocycles. The zero-order valence-electron chi connectivity index (χ0n) is 21.4. The number of alkyl halides is 2. The zero-order valence-corrected chi connectivity index (χ0v) is 21.4. The Kier molecular flexibility index (Phi) is 7.63. The van der Waals surface area contributed by atoms with Crippen molar-refractivity contribution >= 4 is 12.4 Å². The van der Waals surface area contributed by atoms with Crippen LogP contribution in [-0.2, 0) is 9.59 Å². The fraction of sp³-hybridized carbons (Fsp3) is 0.714. The minimum atomic E-state index is -3.07. The first-order valence-corrected chi connectivity index (χ1v) is 13.1. The number of rotatable bonds is 6. The van der Waals surface area contributed by atoms with Gasteiger partial charge in [-0.15, -0.1) is 0 Å². The van der Waals surface area contributed by atoms with E-state index in [0.717, 1.165) is 35.7 Å². The molecule has 3 aliphatic carbocycles. The van der Waals surface area contributed by atoms with Crippen LogP contribution in [0.2, 0.25) is 0 Å². The zero-order chi connectivity index (χ0) is 26.3. The Balaban J connectivity index is 0.000000214. The minimum absolute atomic E-state index is 0.126. The monoisotopic (exact) mass is 509 g/mol. The van der Waals surface area contributed by atoms with Gasteiger partial charge in [0.2, 0.25) is 6.41 Å². The summed E-state index contributed by atoms with van der Waals surface area (Å²) in [5.74, 6) is -0.681. The normalized spacial score (nSPS) is 32.9. The van der Waals surface area contributed by atoms with Crippen LogP contribution in [0.5, 0.6) is 5.75 Å². The van der Waals surface area contributed by atoms with Crippen molar-refractivity contribution in [3.8, 4) is 5.75 Å². The molecule has 0 spiro atoms. The van der Waals surface area contributed by atoms with Gasteiger partial charge in [-0.25, -0.2) is 18.0 Å². The van der Waals surface area contributed by atoms with Gasteiger partial charge in [-0.3, -0.25) is 4.79 Å². The van der Waals surface area contributed by atoms with Crippen molar-refractivity contribution in [2.75, 3.05) is 13.2 Å². The van der Waals surface area contributed by atoms with Gasteiger partial charge in [0.15, 0.2) is 0 Å². The number of aliphatic carboxylic acids is 1. The molecule has 1 saturated heterocycles. The summed E-state index contributed by atoms with van der Waals surface area (Å²) in [6, 6.07) is 2.29. The van der Waals surface area contributed by atoms with E-state index in [1.165, 1.54) is 50.5 Å². The van der Waals surface area contributed by atoms with Gasteiger partial charge in [0.25, 0.3) is 5.92 Å². The van der Waals surface area contributed by atoms with Gasteiger partial charge in [-0.1, -0.05) is 13.8 Å². The number of aryl methyl sites for hydroxylation is 1. The highest BCUT2D eigenvalue weighted by Crippen LogP contribution is 2.53. The highest BCUT2D eigenvalue weighted by atomic mass is 19.3. The van der Waals surface area contributed by atoms with E-state index in [4.69, 9.17) is 9.84 Å². The predicted molar refractivity (Wildman–Crippen MR) is 130 cm³/mol. The Hall–Kier alpha value is -2.25. The van der Waals surface area contributed by atoms with Crippen LogP contribution in [0.1, 0.15) is 82.3 Å². The summed E-state index contributed by atoms with van der Waals surface area (Å²) in [7, 11) is 0. The maximum absolute atomic E-state index is 14.1. The van der Waals surface area contributed by atoms with Crippen LogP contribution in [0.15, 0.2) is 12.1 Å². The number of likely N-dealkylation sites (tertiary alicyclic amines) is 1. The van der Waals surface area contributed by atoms with Crippen molar-refractivity contribution in [1.82, 2.24) is 4.90 Å². The van der Waals surface area contributed by atoms with E-state index in [2.05, 4.69) is 13.8 Å². The first-order valence-electron chi connectivity index (χ1n) is 13.1. The van der Waals surface area contributed by atoms with Crippen molar-refractivity contribution in [2.45, 2.75) is 90.0 Å². The Morgan fingerprint density at radius 3 is 2.31 bits per heavy atom. The summed E-state index contributed by atoms with van der Waals surface area (Å²) in [6.07, 6.45) is 8.44. The fourth-order valence-corrected chi connectivity index (χ4v) is 7.02. The Morgan fingerprint density at radius 2 is 1.78 bits per heavy atom. The van der Waals surface area contributed by atoms with Crippen LogP contribution in [0.3, 0.4) is 0 Å². The number of nitrogens with zero attached hydrogens (tertiary/aromatic N) is 1. The van der Waals surface area contributed by atoms with Crippen LogP contribution in [0.4, 0.5) is 13.2 Å². The fourth-order valence-electron chi connectivity index (χ4n) is 7.02. The third kappa shape index (κ3) is 6.17. The molecule has 3 saturated carbocycles. The maximum atomic E-state index is 14.1. The number of halogens is 3. The number of carbonyl (C=O) groups excluding carboxylic acids is 1. The van der Waals surface area contributed by atoms with E-state index < -0.39 is 30.9 Å². The van der Waals surface area contributed by atoms with E-state index in [1.807, 2.05) is 13.0 Å². The Bertz CT molecular complexity index is 960. The summed E-state index contributed by atoms with van der Waals surface area (Å²) >= 11 is 0. The molecular formula is C28H38F3NO4. The maximum Gasteiger partial charge on any atom is 0.326 e. The molecule has 5 rings (SSSR count). The highest BCUT2D eigenvalue weighted by Gasteiger charge is 2.48. The largest absolute Gasteiger partial charge is 0.493 e. The third-order valence-electron chi connectivity index (χ3n) is 8.32. The lowest BCUT2D eigenvalue weighted by Crippen LogP contribution is -2.43. The number of amides is 1. The van der Waals surface area contributed by atoms with Crippen LogP contribution in [0.25, 0.3) is 0 Å². The van der Waals surface area contributed by atoms with Crippen molar-refractivity contribution in [2.24, 2.45) is 23.2 Å². The van der Waals surface area contributed by atoms with Gasteiger partial charge in [-0.2, -0.15) is 0 Å². The standard InChI is InChI=1S/C22H31FO.C6H7F2NO3/c1-14-6-17-7-15(2)11-22(10-14,12-17)13-24-21-9-20(23)16(3)8-19(21)18-4-5-18;7-6(8)1-4(5(11)12)9(2-6)3-10/h8-9,14-15,17-18H,4-7,10-13H2,1-3H3;3-4H,1-2H2,(H,11,12). The molecular weight excluding hydrogens is 471 g/mol. The molecule has 1 aromatic rings. The van der Waals surface area contributed by atoms with E-state index in [9.17, 15) is 22.8 Å². The Morgan fingerprint density at radius 1 is 1.14 bits per heavy atom. The number of fused-ring (bicyclic) bond motifs is 2. The van der Waals surface area contributed by atoms with Crippen molar-refractivity contribution < 1.29 is 32.6 Å². The number of carboxylic acids is 1. The van der Waals surface area contributed by atoms with Gasteiger partial charge in [0, 0.05) is 17.9 Å². The van der Waals surface area contributed by atoms with Crippen LogP contribution in [0, 0.1) is 35.9 Å². The van der Waals surface area contributed by atoms with E-state index in [1.54, 1.807) is 6.07 Å². The number of hydrogen-bond donors (Lipinski definition) is 1. The second-order valence-corrected chi connectivity index (χ2v) is 12.1. The topological polar surface area (TPSA) is 66.8 Å². The number of carbonyl (C=O) groups is 2. The van der Waals surface area contributed by atoms with E-state index in [-0.39, 0.29) is 12.2 Å². The molecule has 1 aromatic carbocycles. The first-order chi connectivity index (χ1) is 16.9. The van der Waals surface area contributed by atoms with Gasteiger partial charge >= 0.3 is 5.97 Å². The third-order valence-corrected chi connectivity index (χ3v) is 8.32. The quantitative estimate of drug-likeness (QED) is 0.465. The number of hydrogen-bond acceptors (Lipinski definition) is 3. The van der Waals surface area contributed by atoms with Crippen LogP contribution in [-0.4, -0.2) is 47.5 Å². The predicted octanol–water partition coefficient (Wildman–Crippen LogP) is 6.18. The molecule has 5 nitrogen and oxygen atoms in total. The summed E-state index contributed by atoms with van der Waals surface area (Å²) in [5.41, 5.74) is 2.32. The van der Waals surface area contributed by atoms with Crippen LogP contribution < -0.4 is 4.74 Å². The number of benzene rings is 1. The number of carboxylic acid groups (broad SMARTS) is 1. The minimum Gasteiger partial charge on any atom is -0.493 e. The first kappa shape index (κ1) is 26.8. The van der Waals surface area contributed by atoms with Crippen molar-refractivity contribution in [3.63, 3.8) is 0 Å². The molecule has 3 atom stereocenters. The lowest BCUT2D eigenvalue weighted by Gasteiger charge is -2.49. The summed E-state index contributed by atoms with van der Waals surface area (Å²) in [4.78, 5) is 21.1.